The molecular formula is C9H8N2O3. The summed E-state index contributed by atoms with van der Waals surface area (Å²) in [6, 6.07) is 4.52. The fraction of sp³-hybridized carbons (Fsp3) is 0.222. The minimum Gasteiger partial charge on any atom is -0.392 e. The summed E-state index contributed by atoms with van der Waals surface area (Å²) < 4.78 is 0. The first-order chi connectivity index (χ1) is 6.61. The van der Waals surface area contributed by atoms with Gasteiger partial charge in [0.2, 0.25) is 0 Å². The number of hydrogen-bond donors (Lipinski definition) is 1. The summed E-state index contributed by atoms with van der Waals surface area (Å²) >= 11 is 0. The van der Waals surface area contributed by atoms with Crippen LogP contribution in [0.25, 0.3) is 0 Å². The Labute approximate surface area is 80.4 Å². The van der Waals surface area contributed by atoms with E-state index in [0.717, 1.165) is 0 Å². The molecule has 72 valence electrons. The zero-order chi connectivity index (χ0) is 10.7. The number of aliphatic hydroxyl groups excluding tert-OH is 1. The average Bonchev–Trinajstić information content (AvgIpc) is 2.16. The van der Waals surface area contributed by atoms with E-state index in [1.807, 2.05) is 0 Å². The quantitative estimate of drug-likeness (QED) is 0.564. The molecule has 5 heteroatoms. The van der Waals surface area contributed by atoms with E-state index in [4.69, 9.17) is 10.4 Å². The van der Waals surface area contributed by atoms with Gasteiger partial charge in [-0.25, -0.2) is 0 Å². The Kier molecular flexibility index (Phi) is 2.79. The van der Waals surface area contributed by atoms with Crippen molar-refractivity contribution in [3.05, 3.63) is 38.9 Å². The molecule has 14 heavy (non-hydrogen) atoms. The lowest BCUT2D eigenvalue weighted by Crippen LogP contribution is -1.99. The molecule has 0 aliphatic heterocycles. The number of hydrogen-bond acceptors (Lipinski definition) is 4. The lowest BCUT2D eigenvalue weighted by Gasteiger charge is -2.04. The number of nitriles is 1. The van der Waals surface area contributed by atoms with E-state index in [9.17, 15) is 10.1 Å². The highest BCUT2D eigenvalue weighted by Crippen LogP contribution is 2.24. The molecule has 0 bridgehead atoms. The van der Waals surface area contributed by atoms with E-state index < -0.39 is 4.92 Å². The number of benzene rings is 1. The maximum atomic E-state index is 10.5. The van der Waals surface area contributed by atoms with E-state index in [-0.39, 0.29) is 17.9 Å². The molecule has 0 radical (unpaired) electrons. The monoisotopic (exact) mass is 192 g/mol. The molecule has 0 spiro atoms. The second kappa shape index (κ2) is 3.85. The van der Waals surface area contributed by atoms with E-state index in [1.54, 1.807) is 13.0 Å². The van der Waals surface area contributed by atoms with Crippen molar-refractivity contribution in [2.75, 3.05) is 0 Å². The summed E-state index contributed by atoms with van der Waals surface area (Å²) in [7, 11) is 0. The SMILES string of the molecule is Cc1ccc([N+](=O)[O-])c(C#N)c1CO. The van der Waals surface area contributed by atoms with Crippen LogP contribution in [0.2, 0.25) is 0 Å². The number of nitrogens with zero attached hydrogens (tertiary/aromatic N) is 2. The van der Waals surface area contributed by atoms with Crippen molar-refractivity contribution in [2.45, 2.75) is 13.5 Å². The number of nitro benzene ring substituents is 1. The summed E-state index contributed by atoms with van der Waals surface area (Å²) in [5.41, 5.74) is 0.677. The molecule has 0 saturated heterocycles. The lowest BCUT2D eigenvalue weighted by atomic mass is 10.0. The minimum atomic E-state index is -0.628. The standard InChI is InChI=1S/C9H8N2O3/c1-6-2-3-9(11(13)14)7(4-10)8(6)5-12/h2-3,12H,5H2,1H3. The number of rotatable bonds is 2. The largest absolute Gasteiger partial charge is 0.392 e. The Morgan fingerprint density at radius 1 is 1.64 bits per heavy atom. The van der Waals surface area contributed by atoms with Crippen LogP contribution in [0, 0.1) is 28.4 Å². The van der Waals surface area contributed by atoms with Crippen LogP contribution in [0.5, 0.6) is 0 Å². The van der Waals surface area contributed by atoms with Gasteiger partial charge in [0.05, 0.1) is 11.5 Å². The molecule has 1 aromatic carbocycles. The summed E-state index contributed by atoms with van der Waals surface area (Å²) in [4.78, 5) is 9.91. The number of aliphatic hydroxyl groups is 1. The molecule has 1 N–H and O–H groups in total. The van der Waals surface area contributed by atoms with Crippen LogP contribution in [0.1, 0.15) is 16.7 Å². The Hall–Kier alpha value is -1.93. The van der Waals surface area contributed by atoms with Crippen LogP contribution >= 0.6 is 0 Å². The highest BCUT2D eigenvalue weighted by molar-refractivity contribution is 5.55. The van der Waals surface area contributed by atoms with E-state index >= 15 is 0 Å². The van der Waals surface area contributed by atoms with Gasteiger partial charge < -0.3 is 5.11 Å². The molecule has 0 aliphatic rings. The smallest absolute Gasteiger partial charge is 0.287 e. The Balaban J connectivity index is 3.50. The van der Waals surface area contributed by atoms with Gasteiger partial charge in [-0.15, -0.1) is 0 Å². The second-order valence-corrected chi connectivity index (χ2v) is 2.78. The third-order valence-corrected chi connectivity index (χ3v) is 1.99. The molecule has 5 nitrogen and oxygen atoms in total. The van der Waals surface area contributed by atoms with E-state index in [0.29, 0.717) is 11.1 Å². The van der Waals surface area contributed by atoms with Gasteiger partial charge in [-0.05, 0) is 12.5 Å². The molecule has 0 unspecified atom stereocenters. The molecule has 1 rings (SSSR count). The topological polar surface area (TPSA) is 87.2 Å². The Morgan fingerprint density at radius 2 is 2.29 bits per heavy atom. The first-order valence-electron chi connectivity index (χ1n) is 3.89. The Bertz CT molecular complexity index is 421. The second-order valence-electron chi connectivity index (χ2n) is 2.78. The third kappa shape index (κ3) is 1.56. The minimum absolute atomic E-state index is 0.0579. The van der Waals surface area contributed by atoms with Crippen LogP contribution in [0.3, 0.4) is 0 Å². The van der Waals surface area contributed by atoms with Crippen molar-refractivity contribution >= 4 is 5.69 Å². The van der Waals surface area contributed by atoms with Gasteiger partial charge in [-0.3, -0.25) is 10.1 Å². The average molecular weight is 192 g/mol. The van der Waals surface area contributed by atoms with Crippen LogP contribution in [0.4, 0.5) is 5.69 Å². The number of nitro groups is 1. The van der Waals surface area contributed by atoms with Gasteiger partial charge in [0.1, 0.15) is 11.6 Å². The highest BCUT2D eigenvalue weighted by atomic mass is 16.6. The Morgan fingerprint density at radius 3 is 2.71 bits per heavy atom. The maximum absolute atomic E-state index is 10.5. The number of aryl methyl sites for hydroxylation is 1. The van der Waals surface area contributed by atoms with Gasteiger partial charge in [-0.2, -0.15) is 5.26 Å². The van der Waals surface area contributed by atoms with E-state index in [2.05, 4.69) is 0 Å². The first kappa shape index (κ1) is 10.2. The van der Waals surface area contributed by atoms with Gasteiger partial charge in [-0.1, -0.05) is 6.07 Å². The zero-order valence-corrected chi connectivity index (χ0v) is 7.52. The van der Waals surface area contributed by atoms with Crippen molar-refractivity contribution in [3.63, 3.8) is 0 Å². The molecule has 0 aliphatic carbocycles. The fourth-order valence-electron chi connectivity index (χ4n) is 1.22. The molecule has 0 atom stereocenters. The molecular weight excluding hydrogens is 184 g/mol. The first-order valence-corrected chi connectivity index (χ1v) is 3.89. The van der Waals surface area contributed by atoms with Crippen molar-refractivity contribution in [1.29, 1.82) is 5.26 Å². The molecule has 0 aromatic heterocycles. The van der Waals surface area contributed by atoms with Crippen molar-refractivity contribution in [1.82, 2.24) is 0 Å². The van der Waals surface area contributed by atoms with Gasteiger partial charge in [0.15, 0.2) is 0 Å². The normalized spacial score (nSPS) is 9.50. The molecule has 0 amide bonds. The lowest BCUT2D eigenvalue weighted by molar-refractivity contribution is -0.385. The van der Waals surface area contributed by atoms with Gasteiger partial charge in [0, 0.05) is 11.6 Å². The van der Waals surface area contributed by atoms with Crippen molar-refractivity contribution in [2.24, 2.45) is 0 Å². The van der Waals surface area contributed by atoms with Crippen LogP contribution in [-0.2, 0) is 6.61 Å². The van der Waals surface area contributed by atoms with Crippen molar-refractivity contribution in [3.8, 4) is 6.07 Å². The fourth-order valence-corrected chi connectivity index (χ4v) is 1.22. The molecule has 1 aromatic rings. The third-order valence-electron chi connectivity index (χ3n) is 1.99. The predicted octanol–water partition coefficient (Wildman–Crippen LogP) is 1.27. The van der Waals surface area contributed by atoms with E-state index in [1.165, 1.54) is 12.1 Å². The van der Waals surface area contributed by atoms with Gasteiger partial charge >= 0.3 is 0 Å². The summed E-state index contributed by atoms with van der Waals surface area (Å²) in [5, 5.41) is 28.2. The predicted molar refractivity (Wildman–Crippen MR) is 48.5 cm³/mol. The zero-order valence-electron chi connectivity index (χ0n) is 7.52. The maximum Gasteiger partial charge on any atom is 0.287 e. The van der Waals surface area contributed by atoms with Crippen molar-refractivity contribution < 1.29 is 10.0 Å². The molecule has 0 saturated carbocycles. The molecule has 0 fully saturated rings. The van der Waals surface area contributed by atoms with Crippen LogP contribution < -0.4 is 0 Å². The van der Waals surface area contributed by atoms with Crippen LogP contribution in [0.15, 0.2) is 12.1 Å². The van der Waals surface area contributed by atoms with Gasteiger partial charge in [0.25, 0.3) is 5.69 Å². The highest BCUT2D eigenvalue weighted by Gasteiger charge is 2.18. The summed E-state index contributed by atoms with van der Waals surface area (Å²) in [5.74, 6) is 0. The summed E-state index contributed by atoms with van der Waals surface area (Å²) in [6.07, 6.45) is 0. The summed E-state index contributed by atoms with van der Waals surface area (Å²) in [6.45, 7) is 1.33. The molecule has 0 heterocycles. The van der Waals surface area contributed by atoms with Crippen LogP contribution in [-0.4, -0.2) is 10.0 Å².